The molecule has 0 aromatic heterocycles. The lowest BCUT2D eigenvalue weighted by molar-refractivity contribution is -0.142. The molecule has 0 aliphatic heterocycles. The zero-order valence-electron chi connectivity index (χ0n) is 20.1. The normalized spacial score (nSPS) is 18.2. The van der Waals surface area contributed by atoms with Gasteiger partial charge in [-0.3, -0.25) is 0 Å². The van der Waals surface area contributed by atoms with Crippen molar-refractivity contribution in [3.05, 3.63) is 82.2 Å². The van der Waals surface area contributed by atoms with Gasteiger partial charge < -0.3 is 0 Å². The van der Waals surface area contributed by atoms with Crippen molar-refractivity contribution >= 4 is 10.8 Å². The average molecular weight is 503 g/mol. The van der Waals surface area contributed by atoms with Gasteiger partial charge in [-0.25, -0.2) is 13.2 Å². The Morgan fingerprint density at radius 3 is 2.17 bits per heavy atom. The molecule has 1 aliphatic carbocycles. The van der Waals surface area contributed by atoms with E-state index in [1.165, 1.54) is 50.2 Å². The molecule has 0 heterocycles. The lowest BCUT2D eigenvalue weighted by atomic mass is 9.77. The van der Waals surface area contributed by atoms with Crippen LogP contribution in [0, 0.1) is 35.2 Å². The lowest BCUT2D eigenvalue weighted by Crippen LogP contribution is -2.13. The van der Waals surface area contributed by atoms with Gasteiger partial charge in [0.25, 0.3) is 0 Å². The van der Waals surface area contributed by atoms with E-state index < -0.39 is 29.2 Å². The molecule has 6 heteroatoms. The monoisotopic (exact) mass is 502 g/mol. The maximum Gasteiger partial charge on any atom is 0.422 e. The van der Waals surface area contributed by atoms with Crippen LogP contribution < -0.4 is 0 Å². The van der Waals surface area contributed by atoms with Gasteiger partial charge in [0.15, 0.2) is 0 Å². The third-order valence-corrected chi connectivity index (χ3v) is 7.18. The van der Waals surface area contributed by atoms with Gasteiger partial charge in [-0.1, -0.05) is 68.7 Å². The van der Waals surface area contributed by atoms with Gasteiger partial charge in [0.05, 0.1) is 5.56 Å². The second-order valence-corrected chi connectivity index (χ2v) is 9.68. The number of fused-ring (bicyclic) bond motifs is 1. The summed E-state index contributed by atoms with van der Waals surface area (Å²) in [6.07, 6.45) is 4.69. The van der Waals surface area contributed by atoms with E-state index in [1.807, 2.05) is 12.1 Å². The van der Waals surface area contributed by atoms with E-state index in [4.69, 9.17) is 0 Å². The van der Waals surface area contributed by atoms with Crippen LogP contribution >= 0.6 is 0 Å². The van der Waals surface area contributed by atoms with Gasteiger partial charge in [0.1, 0.15) is 23.0 Å². The summed E-state index contributed by atoms with van der Waals surface area (Å²) in [5, 5.41) is 1.12. The average Bonchev–Trinajstić information content (AvgIpc) is 2.83. The summed E-state index contributed by atoms with van der Waals surface area (Å²) in [4.78, 5) is 0. The van der Waals surface area contributed by atoms with E-state index in [9.17, 15) is 22.0 Å². The summed E-state index contributed by atoms with van der Waals surface area (Å²) < 4.78 is 81.0. The molecule has 0 radical (unpaired) electrons. The van der Waals surface area contributed by atoms with Crippen LogP contribution in [0.25, 0.3) is 10.8 Å². The third-order valence-electron chi connectivity index (χ3n) is 7.18. The van der Waals surface area contributed by atoms with E-state index >= 15 is 4.39 Å². The summed E-state index contributed by atoms with van der Waals surface area (Å²) in [5.74, 6) is 2.06. The van der Waals surface area contributed by atoms with Crippen LogP contribution in [0.4, 0.5) is 26.3 Å². The van der Waals surface area contributed by atoms with Gasteiger partial charge in [0.2, 0.25) is 0 Å². The van der Waals surface area contributed by atoms with Crippen molar-refractivity contribution in [3.8, 4) is 11.8 Å². The quantitative estimate of drug-likeness (QED) is 0.185. The molecule has 0 saturated heterocycles. The molecular weight excluding hydrogens is 474 g/mol. The van der Waals surface area contributed by atoms with E-state index in [0.29, 0.717) is 23.4 Å². The summed E-state index contributed by atoms with van der Waals surface area (Å²) in [5.41, 5.74) is -1.07. The molecule has 3 aromatic rings. The smallest absolute Gasteiger partial charge is 0.206 e. The first-order valence-electron chi connectivity index (χ1n) is 12.5. The van der Waals surface area contributed by atoms with Crippen molar-refractivity contribution in [1.29, 1.82) is 0 Å². The molecule has 0 unspecified atom stereocenters. The molecule has 0 atom stereocenters. The predicted octanol–water partition coefficient (Wildman–Crippen LogP) is 9.53. The fourth-order valence-corrected chi connectivity index (χ4v) is 5.18. The van der Waals surface area contributed by atoms with E-state index in [-0.39, 0.29) is 11.1 Å². The molecule has 1 aliphatic rings. The van der Waals surface area contributed by atoms with Gasteiger partial charge in [0, 0.05) is 10.9 Å². The lowest BCUT2D eigenvalue weighted by Gasteiger charge is -2.29. The Labute approximate surface area is 207 Å². The molecule has 190 valence electrons. The minimum Gasteiger partial charge on any atom is -0.206 e. The largest absolute Gasteiger partial charge is 0.422 e. The van der Waals surface area contributed by atoms with Crippen molar-refractivity contribution in [1.82, 2.24) is 0 Å². The molecule has 3 aromatic carbocycles. The summed E-state index contributed by atoms with van der Waals surface area (Å²) in [6.45, 7) is 2.22. The van der Waals surface area contributed by atoms with E-state index in [1.54, 1.807) is 12.1 Å². The molecule has 0 amide bonds. The van der Waals surface area contributed by atoms with Crippen LogP contribution in [0.2, 0.25) is 0 Å². The molecule has 0 spiro atoms. The Morgan fingerprint density at radius 2 is 1.53 bits per heavy atom. The van der Waals surface area contributed by atoms with Gasteiger partial charge in [-0.05, 0) is 66.7 Å². The van der Waals surface area contributed by atoms with Crippen molar-refractivity contribution in [2.75, 3.05) is 0 Å². The minimum absolute atomic E-state index is 0.00329. The second-order valence-electron chi connectivity index (χ2n) is 9.68. The first-order valence-corrected chi connectivity index (χ1v) is 12.5. The number of benzene rings is 3. The third kappa shape index (κ3) is 5.88. The van der Waals surface area contributed by atoms with Crippen LogP contribution in [-0.4, -0.2) is 0 Å². The zero-order chi connectivity index (χ0) is 25.9. The molecule has 36 heavy (non-hydrogen) atoms. The van der Waals surface area contributed by atoms with Crippen LogP contribution in [0.3, 0.4) is 0 Å². The standard InChI is InChI=1S/C30H28F6/c1-2-3-4-5-19-6-9-21(10-7-19)23-14-15-25-24(18-23)13-12-22(29(25)33)11-8-20-16-26(31)28(27(32)17-20)30(34,35)36/h12-19,21H,2-7,9-10H2,1H3. The Kier molecular flexibility index (Phi) is 7.97. The number of halogens is 6. The van der Waals surface area contributed by atoms with Crippen molar-refractivity contribution < 1.29 is 26.3 Å². The maximum absolute atomic E-state index is 15.1. The van der Waals surface area contributed by atoms with Crippen molar-refractivity contribution in [2.45, 2.75) is 70.4 Å². The van der Waals surface area contributed by atoms with Crippen LogP contribution in [0.1, 0.15) is 86.5 Å². The van der Waals surface area contributed by atoms with Gasteiger partial charge in [-0.2, -0.15) is 13.2 Å². The highest BCUT2D eigenvalue weighted by Crippen LogP contribution is 2.39. The fraction of sp³-hybridized carbons (Fsp3) is 0.400. The summed E-state index contributed by atoms with van der Waals surface area (Å²) in [6, 6.07) is 9.93. The maximum atomic E-state index is 15.1. The van der Waals surface area contributed by atoms with Crippen molar-refractivity contribution in [3.63, 3.8) is 0 Å². The number of hydrogen-bond donors (Lipinski definition) is 0. The Balaban J connectivity index is 1.51. The Morgan fingerprint density at radius 1 is 0.833 bits per heavy atom. The molecule has 0 nitrogen and oxygen atoms in total. The topological polar surface area (TPSA) is 0 Å². The molecule has 0 bridgehead atoms. The highest BCUT2D eigenvalue weighted by Gasteiger charge is 2.37. The number of alkyl halides is 3. The molecule has 4 rings (SSSR count). The van der Waals surface area contributed by atoms with Crippen LogP contribution in [0.15, 0.2) is 42.5 Å². The highest BCUT2D eigenvalue weighted by atomic mass is 19.4. The molecule has 1 fully saturated rings. The predicted molar refractivity (Wildman–Crippen MR) is 130 cm³/mol. The zero-order valence-corrected chi connectivity index (χ0v) is 20.1. The summed E-state index contributed by atoms with van der Waals surface area (Å²) >= 11 is 0. The number of rotatable bonds is 5. The van der Waals surface area contributed by atoms with Crippen LogP contribution in [-0.2, 0) is 6.18 Å². The van der Waals surface area contributed by atoms with Gasteiger partial charge >= 0.3 is 6.18 Å². The second kappa shape index (κ2) is 11.0. The van der Waals surface area contributed by atoms with E-state index in [0.717, 1.165) is 24.1 Å². The highest BCUT2D eigenvalue weighted by molar-refractivity contribution is 5.85. The molecule has 0 N–H and O–H groups in total. The molecular formula is C30H28F6. The Bertz CT molecular complexity index is 1260. The van der Waals surface area contributed by atoms with Crippen molar-refractivity contribution in [2.24, 2.45) is 5.92 Å². The fourth-order valence-electron chi connectivity index (χ4n) is 5.18. The summed E-state index contributed by atoms with van der Waals surface area (Å²) in [7, 11) is 0. The molecule has 1 saturated carbocycles. The van der Waals surface area contributed by atoms with Gasteiger partial charge in [-0.15, -0.1) is 0 Å². The SMILES string of the molecule is CCCCCC1CCC(c2ccc3c(F)c(C#Cc4cc(F)c(C(F)(F)F)c(F)c4)ccc3c2)CC1. The first-order chi connectivity index (χ1) is 17.2. The Hall–Kier alpha value is -2.94. The number of unbranched alkanes of at least 4 members (excludes halogenated alkanes) is 2. The van der Waals surface area contributed by atoms with Crippen LogP contribution in [0.5, 0.6) is 0 Å². The number of hydrogen-bond acceptors (Lipinski definition) is 0. The van der Waals surface area contributed by atoms with E-state index in [2.05, 4.69) is 18.8 Å². The first kappa shape index (κ1) is 26.1. The minimum atomic E-state index is -5.16.